The van der Waals surface area contributed by atoms with Gasteiger partial charge < -0.3 is 10.0 Å². The summed E-state index contributed by atoms with van der Waals surface area (Å²) in [5.41, 5.74) is 0. The molecule has 108 valence electrons. The summed E-state index contributed by atoms with van der Waals surface area (Å²) in [4.78, 5) is 27.4. The number of nitrogens with zero attached hydrogens (tertiary/aromatic N) is 2. The van der Waals surface area contributed by atoms with Gasteiger partial charge in [-0.05, 0) is 32.2 Å². The van der Waals surface area contributed by atoms with E-state index in [9.17, 15) is 9.59 Å². The summed E-state index contributed by atoms with van der Waals surface area (Å²) in [5.74, 6) is 0.425. The molecule has 2 rings (SSSR count). The molecule has 0 aliphatic carbocycles. The Morgan fingerprint density at radius 2 is 2.00 bits per heavy atom. The zero-order valence-electron chi connectivity index (χ0n) is 11.5. The van der Waals surface area contributed by atoms with Gasteiger partial charge in [-0.1, -0.05) is 0 Å². The smallest absolute Gasteiger partial charge is 0.236 e. The highest BCUT2D eigenvalue weighted by Gasteiger charge is 2.28. The van der Waals surface area contributed by atoms with Gasteiger partial charge in [0.2, 0.25) is 5.91 Å². The van der Waals surface area contributed by atoms with Crippen LogP contribution in [0.2, 0.25) is 0 Å². The Balaban J connectivity index is 1.79. The first-order valence-corrected chi connectivity index (χ1v) is 7.35. The Morgan fingerprint density at radius 1 is 1.26 bits per heavy atom. The zero-order chi connectivity index (χ0) is 13.7. The lowest BCUT2D eigenvalue weighted by Crippen LogP contribution is -2.45. The lowest BCUT2D eigenvalue weighted by atomic mass is 10.1. The number of carbonyl (C=O) groups excluding carboxylic acids is 2. The standard InChI is InChI=1S/C14H24N2O3/c17-10-2-4-12-3-1-7-16(12)11-14(19)15-8-5-13(18)6-9-15/h12,17H,1-11H2. The number of aliphatic hydroxyl groups excluding tert-OH is 1. The summed E-state index contributed by atoms with van der Waals surface area (Å²) in [6, 6.07) is 0.447. The molecular formula is C14H24N2O3. The predicted molar refractivity (Wildman–Crippen MR) is 71.7 cm³/mol. The Labute approximate surface area is 114 Å². The molecule has 0 radical (unpaired) electrons. The van der Waals surface area contributed by atoms with E-state index in [1.807, 2.05) is 4.90 Å². The van der Waals surface area contributed by atoms with E-state index in [-0.39, 0.29) is 18.3 Å². The van der Waals surface area contributed by atoms with Crippen molar-refractivity contribution in [2.75, 3.05) is 32.8 Å². The van der Waals surface area contributed by atoms with E-state index in [1.165, 1.54) is 0 Å². The zero-order valence-corrected chi connectivity index (χ0v) is 11.5. The number of carbonyl (C=O) groups is 2. The van der Waals surface area contributed by atoms with Crippen LogP contribution in [0, 0.1) is 0 Å². The molecule has 0 spiro atoms. The minimum Gasteiger partial charge on any atom is -0.396 e. The van der Waals surface area contributed by atoms with Crippen LogP contribution in [0.15, 0.2) is 0 Å². The van der Waals surface area contributed by atoms with Crippen molar-refractivity contribution in [1.82, 2.24) is 9.80 Å². The average molecular weight is 268 g/mol. The van der Waals surface area contributed by atoms with Crippen LogP contribution in [0.1, 0.15) is 38.5 Å². The lowest BCUT2D eigenvalue weighted by molar-refractivity contribution is -0.135. The second kappa shape index (κ2) is 7.01. The van der Waals surface area contributed by atoms with Crippen molar-refractivity contribution in [3.05, 3.63) is 0 Å². The summed E-state index contributed by atoms with van der Waals surface area (Å²) in [5, 5.41) is 8.90. The van der Waals surface area contributed by atoms with Crippen LogP contribution in [0.4, 0.5) is 0 Å². The van der Waals surface area contributed by atoms with Gasteiger partial charge in [0, 0.05) is 38.6 Å². The molecule has 2 aliphatic heterocycles. The molecule has 2 saturated heterocycles. The Morgan fingerprint density at radius 3 is 2.68 bits per heavy atom. The summed E-state index contributed by atoms with van der Waals surface area (Å²) in [6.07, 6.45) is 5.09. The van der Waals surface area contributed by atoms with Crippen molar-refractivity contribution < 1.29 is 14.7 Å². The molecule has 5 heteroatoms. The Bertz CT molecular complexity index is 323. The fourth-order valence-corrected chi connectivity index (χ4v) is 3.04. The van der Waals surface area contributed by atoms with E-state index >= 15 is 0 Å². The molecule has 0 bridgehead atoms. The molecule has 1 N–H and O–H groups in total. The third-order valence-corrected chi connectivity index (χ3v) is 4.21. The molecule has 19 heavy (non-hydrogen) atoms. The number of ketones is 1. The number of hydrogen-bond donors (Lipinski definition) is 1. The van der Waals surface area contributed by atoms with Gasteiger partial charge in [-0.2, -0.15) is 0 Å². The number of amides is 1. The second-order valence-electron chi connectivity index (χ2n) is 5.55. The van der Waals surface area contributed by atoms with E-state index in [4.69, 9.17) is 5.11 Å². The van der Waals surface area contributed by atoms with Crippen LogP contribution >= 0.6 is 0 Å². The molecule has 0 saturated carbocycles. The van der Waals surface area contributed by atoms with Crippen molar-refractivity contribution >= 4 is 11.7 Å². The molecule has 2 fully saturated rings. The Hall–Kier alpha value is -0.940. The molecule has 5 nitrogen and oxygen atoms in total. The van der Waals surface area contributed by atoms with Gasteiger partial charge in [0.15, 0.2) is 0 Å². The average Bonchev–Trinajstić information content (AvgIpc) is 2.84. The minimum absolute atomic E-state index is 0.156. The third kappa shape index (κ3) is 4.01. The predicted octanol–water partition coefficient (Wildman–Crippen LogP) is 0.415. The first kappa shape index (κ1) is 14.5. The van der Waals surface area contributed by atoms with E-state index in [2.05, 4.69) is 4.90 Å². The highest BCUT2D eigenvalue weighted by atomic mass is 16.3. The highest BCUT2D eigenvalue weighted by molar-refractivity contribution is 5.84. The van der Waals surface area contributed by atoms with Gasteiger partial charge in [-0.15, -0.1) is 0 Å². The number of piperidine rings is 1. The SMILES string of the molecule is O=C1CCN(C(=O)CN2CCCC2CCCO)CC1. The molecule has 2 heterocycles. The van der Waals surface area contributed by atoms with Crippen LogP contribution in [-0.4, -0.2) is 65.4 Å². The molecule has 0 aromatic rings. The second-order valence-corrected chi connectivity index (χ2v) is 5.55. The number of likely N-dealkylation sites (tertiary alicyclic amines) is 2. The van der Waals surface area contributed by atoms with Crippen LogP contribution in [0.3, 0.4) is 0 Å². The van der Waals surface area contributed by atoms with Gasteiger partial charge in [-0.3, -0.25) is 14.5 Å². The van der Waals surface area contributed by atoms with Crippen molar-refractivity contribution in [1.29, 1.82) is 0 Å². The van der Waals surface area contributed by atoms with Gasteiger partial charge in [0.05, 0.1) is 6.54 Å². The molecule has 0 aromatic carbocycles. The number of aliphatic hydroxyl groups is 1. The molecule has 2 aliphatic rings. The minimum atomic E-state index is 0.156. The lowest BCUT2D eigenvalue weighted by Gasteiger charge is -2.30. The monoisotopic (exact) mass is 268 g/mol. The maximum atomic E-state index is 12.2. The summed E-state index contributed by atoms with van der Waals surface area (Å²) >= 11 is 0. The molecule has 1 amide bonds. The van der Waals surface area contributed by atoms with Crippen molar-refractivity contribution in [3.8, 4) is 0 Å². The van der Waals surface area contributed by atoms with E-state index < -0.39 is 0 Å². The van der Waals surface area contributed by atoms with E-state index in [1.54, 1.807) is 0 Å². The maximum Gasteiger partial charge on any atom is 0.236 e. The fourth-order valence-electron chi connectivity index (χ4n) is 3.04. The first-order chi connectivity index (χ1) is 9.20. The molecular weight excluding hydrogens is 244 g/mol. The first-order valence-electron chi connectivity index (χ1n) is 7.35. The molecule has 1 unspecified atom stereocenters. The summed E-state index contributed by atoms with van der Waals surface area (Å²) in [7, 11) is 0. The maximum absolute atomic E-state index is 12.2. The van der Waals surface area contributed by atoms with Crippen LogP contribution in [-0.2, 0) is 9.59 Å². The van der Waals surface area contributed by atoms with Crippen LogP contribution in [0.25, 0.3) is 0 Å². The number of Topliss-reactive ketones (excluding diaryl/α,β-unsaturated/α-hetero) is 1. The molecule has 0 aromatic heterocycles. The quantitative estimate of drug-likeness (QED) is 0.785. The largest absolute Gasteiger partial charge is 0.396 e. The fraction of sp³-hybridized carbons (Fsp3) is 0.857. The van der Waals surface area contributed by atoms with Gasteiger partial charge >= 0.3 is 0 Å². The van der Waals surface area contributed by atoms with E-state index in [0.29, 0.717) is 38.5 Å². The Kier molecular flexibility index (Phi) is 5.34. The topological polar surface area (TPSA) is 60.9 Å². The summed E-state index contributed by atoms with van der Waals surface area (Å²) in [6.45, 7) is 2.87. The van der Waals surface area contributed by atoms with Gasteiger partial charge in [-0.25, -0.2) is 0 Å². The van der Waals surface area contributed by atoms with Gasteiger partial charge in [0.25, 0.3) is 0 Å². The van der Waals surface area contributed by atoms with Gasteiger partial charge in [0.1, 0.15) is 5.78 Å². The molecule has 1 atom stereocenters. The van der Waals surface area contributed by atoms with Crippen molar-refractivity contribution in [2.45, 2.75) is 44.6 Å². The normalized spacial score (nSPS) is 25.0. The highest BCUT2D eigenvalue weighted by Crippen LogP contribution is 2.21. The number of rotatable bonds is 5. The van der Waals surface area contributed by atoms with Crippen molar-refractivity contribution in [3.63, 3.8) is 0 Å². The van der Waals surface area contributed by atoms with Crippen molar-refractivity contribution in [2.24, 2.45) is 0 Å². The third-order valence-electron chi connectivity index (χ3n) is 4.21. The van der Waals surface area contributed by atoms with Crippen LogP contribution in [0.5, 0.6) is 0 Å². The van der Waals surface area contributed by atoms with Crippen LogP contribution < -0.4 is 0 Å². The number of hydrogen-bond acceptors (Lipinski definition) is 4. The van der Waals surface area contributed by atoms with E-state index in [0.717, 1.165) is 32.2 Å². The summed E-state index contributed by atoms with van der Waals surface area (Å²) < 4.78 is 0.